The van der Waals surface area contributed by atoms with Crippen molar-refractivity contribution in [3.05, 3.63) is 26.4 Å². The van der Waals surface area contributed by atoms with Crippen LogP contribution in [0.4, 0.5) is 0 Å². The Kier molecular flexibility index (Phi) is 4.63. The SMILES string of the molecule is CCCCOC(=O)[C@@H]1CC(C)(C)c2c(Cl)nc(Cl)c(=O)n21. The predicted octanol–water partition coefficient (Wildman–Crippen LogP) is 3.12. The fourth-order valence-electron chi connectivity index (χ4n) is 2.66. The van der Waals surface area contributed by atoms with Gasteiger partial charge in [-0.25, -0.2) is 9.78 Å². The Labute approximate surface area is 133 Å². The summed E-state index contributed by atoms with van der Waals surface area (Å²) in [6.07, 6.45) is 2.16. The van der Waals surface area contributed by atoms with E-state index in [-0.39, 0.29) is 10.3 Å². The fourth-order valence-corrected chi connectivity index (χ4v) is 3.31. The van der Waals surface area contributed by atoms with Gasteiger partial charge in [-0.05, 0) is 12.8 Å². The number of unbranched alkanes of at least 4 members (excludes halogenated alkanes) is 1. The molecule has 1 aliphatic heterocycles. The first kappa shape index (κ1) is 16.3. The summed E-state index contributed by atoms with van der Waals surface area (Å²) >= 11 is 11.9. The molecule has 0 N–H and O–H groups in total. The number of carbonyl (C=O) groups excluding carboxylic acids is 1. The van der Waals surface area contributed by atoms with Crippen LogP contribution in [0.25, 0.3) is 0 Å². The highest BCUT2D eigenvalue weighted by molar-refractivity contribution is 6.32. The van der Waals surface area contributed by atoms with E-state index in [1.165, 1.54) is 4.57 Å². The van der Waals surface area contributed by atoms with Gasteiger partial charge in [-0.2, -0.15) is 0 Å². The van der Waals surface area contributed by atoms with Crippen LogP contribution in [0.2, 0.25) is 10.3 Å². The van der Waals surface area contributed by atoms with E-state index in [9.17, 15) is 9.59 Å². The summed E-state index contributed by atoms with van der Waals surface area (Å²) in [5.74, 6) is -0.421. The summed E-state index contributed by atoms with van der Waals surface area (Å²) in [6, 6.07) is -0.697. The average Bonchev–Trinajstić information content (AvgIpc) is 2.68. The summed E-state index contributed by atoms with van der Waals surface area (Å²) in [5, 5.41) is -0.0683. The number of ether oxygens (including phenoxy) is 1. The summed E-state index contributed by atoms with van der Waals surface area (Å²) in [6.45, 7) is 6.19. The molecule has 1 aromatic heterocycles. The fraction of sp³-hybridized carbons (Fsp3) is 0.643. The first-order valence-electron chi connectivity index (χ1n) is 6.94. The number of aromatic nitrogens is 2. The van der Waals surface area contributed by atoms with Crippen molar-refractivity contribution in [1.29, 1.82) is 0 Å². The quantitative estimate of drug-likeness (QED) is 0.627. The lowest BCUT2D eigenvalue weighted by atomic mass is 9.87. The van der Waals surface area contributed by atoms with E-state index < -0.39 is 23.0 Å². The molecular weight excluding hydrogens is 315 g/mol. The van der Waals surface area contributed by atoms with Gasteiger partial charge in [0, 0.05) is 5.41 Å². The molecule has 0 aromatic carbocycles. The number of nitrogens with zero attached hydrogens (tertiary/aromatic N) is 2. The molecule has 0 radical (unpaired) electrons. The van der Waals surface area contributed by atoms with Gasteiger partial charge in [0.15, 0.2) is 10.3 Å². The van der Waals surface area contributed by atoms with Gasteiger partial charge >= 0.3 is 5.97 Å². The summed E-state index contributed by atoms with van der Waals surface area (Å²) < 4.78 is 6.59. The molecule has 0 aliphatic carbocycles. The van der Waals surface area contributed by atoms with E-state index in [2.05, 4.69) is 4.98 Å². The maximum Gasteiger partial charge on any atom is 0.329 e. The average molecular weight is 333 g/mol. The molecule has 0 saturated carbocycles. The Morgan fingerprint density at radius 1 is 1.43 bits per heavy atom. The minimum Gasteiger partial charge on any atom is -0.464 e. The number of carbonyl (C=O) groups is 1. The van der Waals surface area contributed by atoms with Crippen LogP contribution < -0.4 is 5.56 Å². The topological polar surface area (TPSA) is 61.2 Å². The van der Waals surface area contributed by atoms with E-state index in [1.807, 2.05) is 20.8 Å². The van der Waals surface area contributed by atoms with Crippen LogP contribution in [0.5, 0.6) is 0 Å². The molecule has 116 valence electrons. The Morgan fingerprint density at radius 2 is 2.10 bits per heavy atom. The zero-order valence-corrected chi connectivity index (χ0v) is 13.8. The predicted molar refractivity (Wildman–Crippen MR) is 81.1 cm³/mol. The minimum absolute atomic E-state index is 0.161. The monoisotopic (exact) mass is 332 g/mol. The van der Waals surface area contributed by atoms with Crippen LogP contribution >= 0.6 is 23.2 Å². The van der Waals surface area contributed by atoms with E-state index in [0.29, 0.717) is 18.7 Å². The maximum atomic E-state index is 12.3. The van der Waals surface area contributed by atoms with Crippen LogP contribution in [-0.4, -0.2) is 22.1 Å². The van der Waals surface area contributed by atoms with Crippen LogP contribution in [0, 0.1) is 0 Å². The molecule has 7 heteroatoms. The van der Waals surface area contributed by atoms with Crippen LogP contribution in [-0.2, 0) is 14.9 Å². The molecule has 1 aliphatic rings. The third kappa shape index (κ3) is 2.94. The summed E-state index contributed by atoms with van der Waals surface area (Å²) in [5.41, 5.74) is -0.405. The van der Waals surface area contributed by atoms with Crippen molar-refractivity contribution in [3.8, 4) is 0 Å². The third-order valence-electron chi connectivity index (χ3n) is 3.70. The van der Waals surface area contributed by atoms with Crippen molar-refractivity contribution in [3.63, 3.8) is 0 Å². The van der Waals surface area contributed by atoms with Gasteiger partial charge < -0.3 is 4.74 Å². The van der Waals surface area contributed by atoms with Crippen LogP contribution in [0.1, 0.15) is 51.8 Å². The van der Waals surface area contributed by atoms with Crippen molar-refractivity contribution in [1.82, 2.24) is 9.55 Å². The molecule has 2 heterocycles. The molecule has 1 aromatic rings. The summed E-state index contributed by atoms with van der Waals surface area (Å²) in [4.78, 5) is 28.4. The lowest BCUT2D eigenvalue weighted by molar-refractivity contribution is -0.147. The number of rotatable bonds is 4. The smallest absolute Gasteiger partial charge is 0.329 e. The lowest BCUT2D eigenvalue weighted by Crippen LogP contribution is -2.30. The first-order valence-corrected chi connectivity index (χ1v) is 7.70. The molecule has 0 spiro atoms. The molecule has 0 fully saturated rings. The zero-order valence-electron chi connectivity index (χ0n) is 12.3. The normalized spacial score (nSPS) is 19.4. The summed E-state index contributed by atoms with van der Waals surface area (Å²) in [7, 11) is 0. The first-order chi connectivity index (χ1) is 9.79. The molecule has 0 bridgehead atoms. The Bertz CT molecular complexity index is 625. The Morgan fingerprint density at radius 3 is 2.71 bits per heavy atom. The van der Waals surface area contributed by atoms with Crippen molar-refractivity contribution in [2.24, 2.45) is 0 Å². The molecule has 21 heavy (non-hydrogen) atoms. The Hall–Kier alpha value is -1.07. The third-order valence-corrected chi connectivity index (χ3v) is 4.21. The maximum absolute atomic E-state index is 12.3. The van der Waals surface area contributed by atoms with Crippen molar-refractivity contribution in [2.75, 3.05) is 6.61 Å². The highest BCUT2D eigenvalue weighted by Crippen LogP contribution is 2.43. The minimum atomic E-state index is -0.697. The van der Waals surface area contributed by atoms with Gasteiger partial charge in [-0.15, -0.1) is 0 Å². The zero-order chi connectivity index (χ0) is 15.8. The largest absolute Gasteiger partial charge is 0.464 e. The van der Waals surface area contributed by atoms with E-state index in [0.717, 1.165) is 12.8 Å². The van der Waals surface area contributed by atoms with Crippen LogP contribution in [0.15, 0.2) is 4.79 Å². The van der Waals surface area contributed by atoms with E-state index in [4.69, 9.17) is 27.9 Å². The van der Waals surface area contributed by atoms with Crippen molar-refractivity contribution in [2.45, 2.75) is 51.5 Å². The second-order valence-corrected chi connectivity index (χ2v) is 6.56. The van der Waals surface area contributed by atoms with Gasteiger partial charge in [0.05, 0.1) is 12.3 Å². The molecule has 2 rings (SSSR count). The molecule has 1 atom stereocenters. The molecule has 0 unspecified atom stereocenters. The number of fused-ring (bicyclic) bond motifs is 1. The molecular formula is C14H18Cl2N2O3. The second kappa shape index (κ2) is 5.97. The highest BCUT2D eigenvalue weighted by atomic mass is 35.5. The highest BCUT2D eigenvalue weighted by Gasteiger charge is 2.44. The van der Waals surface area contributed by atoms with Crippen molar-refractivity contribution < 1.29 is 9.53 Å². The lowest BCUT2D eigenvalue weighted by Gasteiger charge is -2.18. The van der Waals surface area contributed by atoms with E-state index in [1.54, 1.807) is 0 Å². The molecule has 0 amide bonds. The van der Waals surface area contributed by atoms with Gasteiger partial charge in [-0.1, -0.05) is 50.4 Å². The van der Waals surface area contributed by atoms with Gasteiger partial charge in [0.25, 0.3) is 5.56 Å². The molecule has 0 saturated heterocycles. The number of hydrogen-bond acceptors (Lipinski definition) is 4. The van der Waals surface area contributed by atoms with Gasteiger partial charge in [0.2, 0.25) is 0 Å². The second-order valence-electron chi connectivity index (χ2n) is 5.84. The molecule has 5 nitrogen and oxygen atoms in total. The number of hydrogen-bond donors (Lipinski definition) is 0. The number of halogens is 2. The van der Waals surface area contributed by atoms with Crippen molar-refractivity contribution >= 4 is 29.2 Å². The van der Waals surface area contributed by atoms with Gasteiger partial charge in [-0.3, -0.25) is 9.36 Å². The number of esters is 1. The Balaban J connectivity index is 2.43. The van der Waals surface area contributed by atoms with E-state index >= 15 is 0 Å². The standard InChI is InChI=1S/C14H18Cl2N2O3/c1-4-5-6-21-13(20)8-7-14(2,3)9-10(15)17-11(16)12(19)18(8)9/h8H,4-7H2,1-3H3/t8-/m0/s1. The van der Waals surface area contributed by atoms with Gasteiger partial charge in [0.1, 0.15) is 6.04 Å². The van der Waals surface area contributed by atoms with Crippen LogP contribution in [0.3, 0.4) is 0 Å².